The molecule has 0 aliphatic rings. The number of hydrogen-bond acceptors (Lipinski definition) is 3. The van der Waals surface area contributed by atoms with Crippen LogP contribution < -0.4 is 0 Å². The van der Waals surface area contributed by atoms with Gasteiger partial charge in [-0.1, -0.05) is 41.4 Å². The van der Waals surface area contributed by atoms with Crippen molar-refractivity contribution in [3.05, 3.63) is 64.4 Å². The van der Waals surface area contributed by atoms with Crippen molar-refractivity contribution in [3.8, 4) is 11.1 Å². The number of hydrogen-bond donors (Lipinski definition) is 1. The first-order valence-electron chi connectivity index (χ1n) is 6.25. The molecule has 1 aromatic heterocycles. The Morgan fingerprint density at radius 2 is 1.71 bits per heavy atom. The molecule has 0 fully saturated rings. The molecule has 1 N–H and O–H groups in total. The fourth-order valence-corrected chi connectivity index (χ4v) is 2.95. The molecule has 3 nitrogen and oxygen atoms in total. The normalized spacial score (nSPS) is 10.8. The van der Waals surface area contributed by atoms with Gasteiger partial charge in [-0.25, -0.2) is 0 Å². The van der Waals surface area contributed by atoms with Crippen LogP contribution in [0.3, 0.4) is 0 Å². The number of aromatic nitrogens is 3. The lowest BCUT2D eigenvalue weighted by atomic mass is 10.1. The van der Waals surface area contributed by atoms with Crippen LogP contribution >= 0.6 is 35.0 Å². The highest BCUT2D eigenvalue weighted by Gasteiger charge is 2.03. The van der Waals surface area contributed by atoms with E-state index in [0.717, 1.165) is 22.6 Å². The van der Waals surface area contributed by atoms with Crippen LogP contribution in [0.2, 0.25) is 10.0 Å². The van der Waals surface area contributed by atoms with Crippen molar-refractivity contribution in [2.24, 2.45) is 0 Å². The quantitative estimate of drug-likeness (QED) is 0.676. The highest BCUT2D eigenvalue weighted by Crippen LogP contribution is 2.30. The number of thioether (sulfide) groups is 1. The third-order valence-electron chi connectivity index (χ3n) is 2.96. The van der Waals surface area contributed by atoms with Crippen LogP contribution in [0.5, 0.6) is 0 Å². The fourth-order valence-electron chi connectivity index (χ4n) is 1.87. The smallest absolute Gasteiger partial charge is 0.0927 e. The molecule has 3 rings (SSSR count). The van der Waals surface area contributed by atoms with Gasteiger partial charge < -0.3 is 0 Å². The van der Waals surface area contributed by atoms with Crippen molar-refractivity contribution in [1.29, 1.82) is 0 Å². The van der Waals surface area contributed by atoms with Gasteiger partial charge in [0.05, 0.1) is 21.9 Å². The van der Waals surface area contributed by atoms with Gasteiger partial charge in [-0.05, 0) is 35.4 Å². The maximum Gasteiger partial charge on any atom is 0.0927 e. The molecule has 0 aliphatic heterocycles. The zero-order valence-electron chi connectivity index (χ0n) is 10.9. The summed E-state index contributed by atoms with van der Waals surface area (Å²) in [5, 5.41) is 11.6. The van der Waals surface area contributed by atoms with Crippen molar-refractivity contribution in [2.45, 2.75) is 10.6 Å². The van der Waals surface area contributed by atoms with Crippen molar-refractivity contribution in [3.63, 3.8) is 0 Å². The van der Waals surface area contributed by atoms with Crippen LogP contribution in [-0.2, 0) is 5.75 Å². The summed E-state index contributed by atoms with van der Waals surface area (Å²) in [6.45, 7) is 0. The van der Waals surface area contributed by atoms with Crippen LogP contribution in [0, 0.1) is 0 Å². The van der Waals surface area contributed by atoms with Crippen LogP contribution in [0.4, 0.5) is 0 Å². The molecule has 0 saturated carbocycles. The Kier molecular flexibility index (Phi) is 4.48. The molecule has 2 aromatic carbocycles. The van der Waals surface area contributed by atoms with Gasteiger partial charge in [0, 0.05) is 10.6 Å². The lowest BCUT2D eigenvalue weighted by molar-refractivity contribution is 0.926. The highest BCUT2D eigenvalue weighted by atomic mass is 35.5. The van der Waals surface area contributed by atoms with Crippen molar-refractivity contribution in [1.82, 2.24) is 15.4 Å². The van der Waals surface area contributed by atoms with E-state index in [0.29, 0.717) is 10.0 Å². The second-order valence-corrected chi connectivity index (χ2v) is 6.27. The first-order valence-corrected chi connectivity index (χ1v) is 7.99. The minimum absolute atomic E-state index is 0.568. The average molecular weight is 336 g/mol. The summed E-state index contributed by atoms with van der Waals surface area (Å²) < 4.78 is 0. The molecular weight excluding hydrogens is 325 g/mol. The molecule has 0 saturated heterocycles. The van der Waals surface area contributed by atoms with Crippen LogP contribution in [0.1, 0.15) is 5.69 Å². The van der Waals surface area contributed by atoms with E-state index in [1.54, 1.807) is 18.0 Å². The van der Waals surface area contributed by atoms with Gasteiger partial charge in [0.2, 0.25) is 0 Å². The molecular formula is C15H11Cl2N3S. The number of halogens is 2. The van der Waals surface area contributed by atoms with E-state index in [1.165, 1.54) is 4.90 Å². The molecule has 0 amide bonds. The van der Waals surface area contributed by atoms with Crippen LogP contribution in [0.15, 0.2) is 53.6 Å². The maximum atomic E-state index is 6.05. The summed E-state index contributed by atoms with van der Waals surface area (Å²) >= 11 is 13.7. The Labute approximate surface area is 136 Å². The van der Waals surface area contributed by atoms with E-state index >= 15 is 0 Å². The van der Waals surface area contributed by atoms with Crippen LogP contribution in [0.25, 0.3) is 11.1 Å². The van der Waals surface area contributed by atoms with Crippen molar-refractivity contribution >= 4 is 35.0 Å². The summed E-state index contributed by atoms with van der Waals surface area (Å²) in [5.74, 6) is 0.794. The number of H-pyrrole nitrogens is 1. The Hall–Kier alpha value is -1.49. The largest absolute Gasteiger partial charge is 0.198 e. The van der Waals surface area contributed by atoms with E-state index in [2.05, 4.69) is 39.7 Å². The molecule has 21 heavy (non-hydrogen) atoms. The third-order valence-corrected chi connectivity index (χ3v) is 4.74. The number of nitrogens with one attached hydrogen (secondary N) is 1. The number of aromatic amines is 1. The zero-order chi connectivity index (χ0) is 14.7. The van der Waals surface area contributed by atoms with Gasteiger partial charge in [-0.15, -0.1) is 11.8 Å². The number of rotatable bonds is 4. The average Bonchev–Trinajstić information content (AvgIpc) is 3.02. The lowest BCUT2D eigenvalue weighted by Gasteiger charge is -2.05. The van der Waals surface area contributed by atoms with Gasteiger partial charge in [0.15, 0.2) is 0 Å². The van der Waals surface area contributed by atoms with E-state index in [4.69, 9.17) is 23.2 Å². The van der Waals surface area contributed by atoms with Crippen molar-refractivity contribution < 1.29 is 0 Å². The van der Waals surface area contributed by atoms with E-state index in [1.807, 2.05) is 18.2 Å². The van der Waals surface area contributed by atoms with Gasteiger partial charge in [0.25, 0.3) is 0 Å². The summed E-state index contributed by atoms with van der Waals surface area (Å²) in [4.78, 5) is 1.18. The van der Waals surface area contributed by atoms with Crippen LogP contribution in [-0.4, -0.2) is 15.4 Å². The van der Waals surface area contributed by atoms with Crippen molar-refractivity contribution in [2.75, 3.05) is 0 Å². The Morgan fingerprint density at radius 3 is 2.38 bits per heavy atom. The molecule has 0 bridgehead atoms. The topological polar surface area (TPSA) is 41.6 Å². The van der Waals surface area contributed by atoms with Gasteiger partial charge in [0.1, 0.15) is 0 Å². The molecule has 0 radical (unpaired) electrons. The zero-order valence-corrected chi connectivity index (χ0v) is 13.2. The summed E-state index contributed by atoms with van der Waals surface area (Å²) in [7, 11) is 0. The van der Waals surface area contributed by atoms with Gasteiger partial charge in [-0.3, -0.25) is 0 Å². The first kappa shape index (κ1) is 14.4. The Balaban J connectivity index is 1.72. The predicted octanol–water partition coefficient (Wildman–Crippen LogP) is 5.07. The summed E-state index contributed by atoms with van der Waals surface area (Å²) in [6.07, 6.45) is 1.73. The molecule has 6 heteroatoms. The fraction of sp³-hybridized carbons (Fsp3) is 0.0667. The molecule has 1 heterocycles. The molecule has 106 valence electrons. The van der Waals surface area contributed by atoms with E-state index in [-0.39, 0.29) is 0 Å². The SMILES string of the molecule is Clc1ccc(-c2ccc(SCc3cn[nH]n3)cc2)cc1Cl. The van der Waals surface area contributed by atoms with Gasteiger partial charge >= 0.3 is 0 Å². The Morgan fingerprint density at radius 1 is 0.952 bits per heavy atom. The standard InChI is InChI=1S/C15H11Cl2N3S/c16-14-6-3-11(7-15(14)17)10-1-4-13(5-2-10)21-9-12-8-18-20-19-12/h1-8H,9H2,(H,18,19,20). The second-order valence-electron chi connectivity index (χ2n) is 4.40. The molecule has 0 unspecified atom stereocenters. The second kappa shape index (κ2) is 6.52. The number of nitrogens with zero attached hydrogens (tertiary/aromatic N) is 2. The Bertz CT molecular complexity index is 727. The molecule has 0 aliphatic carbocycles. The third kappa shape index (κ3) is 3.59. The minimum atomic E-state index is 0.568. The van der Waals surface area contributed by atoms with E-state index in [9.17, 15) is 0 Å². The molecule has 3 aromatic rings. The predicted molar refractivity (Wildman–Crippen MR) is 87.8 cm³/mol. The summed E-state index contributed by atoms with van der Waals surface area (Å²) in [5.41, 5.74) is 3.10. The highest BCUT2D eigenvalue weighted by molar-refractivity contribution is 7.98. The molecule has 0 spiro atoms. The molecule has 0 atom stereocenters. The maximum absolute atomic E-state index is 6.05. The first-order chi connectivity index (χ1) is 10.2. The van der Waals surface area contributed by atoms with E-state index < -0.39 is 0 Å². The summed E-state index contributed by atoms with van der Waals surface area (Å²) in [6, 6.07) is 14.0. The monoisotopic (exact) mass is 335 g/mol. The minimum Gasteiger partial charge on any atom is -0.198 e. The van der Waals surface area contributed by atoms with Gasteiger partial charge in [-0.2, -0.15) is 15.4 Å². The number of benzene rings is 2. The lowest BCUT2D eigenvalue weighted by Crippen LogP contribution is -1.82.